The Balaban J connectivity index is 1.52. The molecule has 128 valence electrons. The van der Waals surface area contributed by atoms with Gasteiger partial charge in [-0.1, -0.05) is 29.8 Å². The van der Waals surface area contributed by atoms with Gasteiger partial charge in [0.05, 0.1) is 17.8 Å². The maximum Gasteiger partial charge on any atom is 0.263 e. The van der Waals surface area contributed by atoms with Crippen molar-refractivity contribution in [3.05, 3.63) is 70.4 Å². The molecule has 0 radical (unpaired) electrons. The van der Waals surface area contributed by atoms with Crippen molar-refractivity contribution in [2.45, 2.75) is 0 Å². The van der Waals surface area contributed by atoms with Crippen LogP contribution in [-0.4, -0.2) is 24.0 Å². The van der Waals surface area contributed by atoms with E-state index in [0.29, 0.717) is 27.2 Å². The molecule has 3 rings (SSSR count). The molecule has 0 aliphatic rings. The van der Waals surface area contributed by atoms with Gasteiger partial charge in [-0.3, -0.25) is 4.79 Å². The van der Waals surface area contributed by atoms with E-state index in [2.05, 4.69) is 10.3 Å². The SMILES string of the molecule is O=C(NCCOc1ccc(F)cc1)c1cnc(-c2ccccc2Cl)s1. The van der Waals surface area contributed by atoms with E-state index in [0.717, 1.165) is 5.56 Å². The largest absolute Gasteiger partial charge is 0.492 e. The van der Waals surface area contributed by atoms with Crippen LogP contribution in [0.15, 0.2) is 54.7 Å². The summed E-state index contributed by atoms with van der Waals surface area (Å²) < 4.78 is 18.2. The fraction of sp³-hybridized carbons (Fsp3) is 0.111. The van der Waals surface area contributed by atoms with E-state index in [1.54, 1.807) is 6.07 Å². The van der Waals surface area contributed by atoms with Gasteiger partial charge in [-0.2, -0.15) is 0 Å². The molecule has 3 aromatic rings. The number of hydrogen-bond acceptors (Lipinski definition) is 4. The van der Waals surface area contributed by atoms with Crippen LogP contribution < -0.4 is 10.1 Å². The van der Waals surface area contributed by atoms with E-state index < -0.39 is 0 Å². The third-order valence-electron chi connectivity index (χ3n) is 3.30. The number of carbonyl (C=O) groups excluding carboxylic acids is 1. The summed E-state index contributed by atoms with van der Waals surface area (Å²) >= 11 is 7.42. The van der Waals surface area contributed by atoms with Crippen molar-refractivity contribution in [2.75, 3.05) is 13.2 Å². The predicted molar refractivity (Wildman–Crippen MR) is 96.8 cm³/mol. The fourth-order valence-electron chi connectivity index (χ4n) is 2.09. The molecule has 0 aliphatic heterocycles. The van der Waals surface area contributed by atoms with E-state index in [1.165, 1.54) is 41.8 Å². The maximum absolute atomic E-state index is 12.8. The first-order valence-corrected chi connectivity index (χ1v) is 8.70. The second kappa shape index (κ2) is 8.09. The Kier molecular flexibility index (Phi) is 5.63. The van der Waals surface area contributed by atoms with Crippen molar-refractivity contribution < 1.29 is 13.9 Å². The molecule has 25 heavy (non-hydrogen) atoms. The van der Waals surface area contributed by atoms with Crippen LogP contribution in [0, 0.1) is 5.82 Å². The lowest BCUT2D eigenvalue weighted by molar-refractivity contribution is 0.0951. The Morgan fingerprint density at radius 3 is 2.72 bits per heavy atom. The Hall–Kier alpha value is -2.44. The van der Waals surface area contributed by atoms with E-state index in [4.69, 9.17) is 16.3 Å². The van der Waals surface area contributed by atoms with Gasteiger partial charge in [-0.25, -0.2) is 9.37 Å². The topological polar surface area (TPSA) is 51.2 Å². The van der Waals surface area contributed by atoms with Crippen molar-refractivity contribution in [2.24, 2.45) is 0 Å². The van der Waals surface area contributed by atoms with Crippen LogP contribution in [0.3, 0.4) is 0 Å². The molecule has 0 bridgehead atoms. The van der Waals surface area contributed by atoms with Gasteiger partial charge < -0.3 is 10.1 Å². The lowest BCUT2D eigenvalue weighted by Gasteiger charge is -2.06. The van der Waals surface area contributed by atoms with Crippen LogP contribution in [0.5, 0.6) is 5.75 Å². The highest BCUT2D eigenvalue weighted by molar-refractivity contribution is 7.17. The average molecular weight is 377 g/mol. The van der Waals surface area contributed by atoms with Crippen LogP contribution in [0.25, 0.3) is 10.6 Å². The average Bonchev–Trinajstić information content (AvgIpc) is 3.10. The predicted octanol–water partition coefficient (Wildman–Crippen LogP) is 4.41. The van der Waals surface area contributed by atoms with Gasteiger partial charge in [0.2, 0.25) is 0 Å². The number of carbonyl (C=O) groups is 1. The standard InChI is InChI=1S/C18H14ClFN2O2S/c19-15-4-2-1-3-14(15)18-22-11-16(25-18)17(23)21-9-10-24-13-7-5-12(20)6-8-13/h1-8,11H,9-10H2,(H,21,23). The Morgan fingerprint density at radius 2 is 1.96 bits per heavy atom. The first kappa shape index (κ1) is 17.4. The molecule has 1 aromatic heterocycles. The second-order valence-electron chi connectivity index (χ2n) is 5.07. The van der Waals surface area contributed by atoms with Crippen molar-refractivity contribution in [3.8, 4) is 16.3 Å². The zero-order valence-corrected chi connectivity index (χ0v) is 14.6. The lowest BCUT2D eigenvalue weighted by Crippen LogP contribution is -2.27. The highest BCUT2D eigenvalue weighted by atomic mass is 35.5. The van der Waals surface area contributed by atoms with Crippen molar-refractivity contribution in [1.82, 2.24) is 10.3 Å². The fourth-order valence-corrected chi connectivity index (χ4v) is 3.24. The van der Waals surface area contributed by atoms with E-state index >= 15 is 0 Å². The van der Waals surface area contributed by atoms with Crippen molar-refractivity contribution >= 4 is 28.8 Å². The Morgan fingerprint density at radius 1 is 1.20 bits per heavy atom. The van der Waals surface area contributed by atoms with Gasteiger partial charge in [0.25, 0.3) is 5.91 Å². The van der Waals surface area contributed by atoms with Gasteiger partial charge in [-0.15, -0.1) is 11.3 Å². The molecule has 2 aromatic carbocycles. The zero-order valence-electron chi connectivity index (χ0n) is 13.0. The van der Waals surface area contributed by atoms with Crippen molar-refractivity contribution in [1.29, 1.82) is 0 Å². The molecule has 0 fully saturated rings. The van der Waals surface area contributed by atoms with E-state index in [1.807, 2.05) is 18.2 Å². The molecule has 0 saturated carbocycles. The minimum Gasteiger partial charge on any atom is -0.492 e. The lowest BCUT2D eigenvalue weighted by atomic mass is 10.2. The normalized spacial score (nSPS) is 10.5. The summed E-state index contributed by atoms with van der Waals surface area (Å²) in [6, 6.07) is 13.1. The Labute approximate surface area is 153 Å². The van der Waals surface area contributed by atoms with Gasteiger partial charge >= 0.3 is 0 Å². The molecule has 0 spiro atoms. The summed E-state index contributed by atoms with van der Waals surface area (Å²) in [6.07, 6.45) is 1.53. The molecule has 1 N–H and O–H groups in total. The summed E-state index contributed by atoms with van der Waals surface area (Å²) in [7, 11) is 0. The van der Waals surface area contributed by atoms with Crippen LogP contribution in [-0.2, 0) is 0 Å². The minimum absolute atomic E-state index is 0.224. The first-order chi connectivity index (χ1) is 12.1. The molecule has 1 amide bonds. The quantitative estimate of drug-likeness (QED) is 0.648. The third kappa shape index (κ3) is 4.55. The number of halogens is 2. The number of nitrogens with zero attached hydrogens (tertiary/aromatic N) is 1. The molecule has 0 atom stereocenters. The van der Waals surface area contributed by atoms with Gasteiger partial charge in [0.1, 0.15) is 28.1 Å². The summed E-state index contributed by atoms with van der Waals surface area (Å²) in [5.74, 6) is 0.00752. The van der Waals surface area contributed by atoms with Crippen LogP contribution in [0.1, 0.15) is 9.67 Å². The molecule has 4 nitrogen and oxygen atoms in total. The van der Waals surface area contributed by atoms with E-state index in [9.17, 15) is 9.18 Å². The summed E-state index contributed by atoms with van der Waals surface area (Å²) in [5, 5.41) is 4.05. The van der Waals surface area contributed by atoms with Crippen LogP contribution >= 0.6 is 22.9 Å². The molecular weight excluding hydrogens is 363 g/mol. The summed E-state index contributed by atoms with van der Waals surface area (Å²) in [5.41, 5.74) is 0.799. The number of rotatable bonds is 6. The monoisotopic (exact) mass is 376 g/mol. The van der Waals surface area contributed by atoms with Gasteiger partial charge in [0.15, 0.2) is 0 Å². The Bertz CT molecular complexity index is 868. The smallest absolute Gasteiger partial charge is 0.263 e. The highest BCUT2D eigenvalue weighted by Crippen LogP contribution is 2.30. The second-order valence-corrected chi connectivity index (χ2v) is 6.51. The first-order valence-electron chi connectivity index (χ1n) is 7.51. The number of thiazole rings is 1. The summed E-state index contributed by atoms with van der Waals surface area (Å²) in [6.45, 7) is 0.614. The highest BCUT2D eigenvalue weighted by Gasteiger charge is 2.13. The number of aromatic nitrogens is 1. The summed E-state index contributed by atoms with van der Waals surface area (Å²) in [4.78, 5) is 16.9. The molecule has 7 heteroatoms. The minimum atomic E-state index is -0.319. The zero-order chi connectivity index (χ0) is 17.6. The maximum atomic E-state index is 12.8. The molecule has 0 unspecified atom stereocenters. The number of amides is 1. The number of nitrogens with one attached hydrogen (secondary N) is 1. The van der Waals surface area contributed by atoms with E-state index in [-0.39, 0.29) is 18.3 Å². The third-order valence-corrected chi connectivity index (χ3v) is 4.66. The molecular formula is C18H14ClFN2O2S. The van der Waals surface area contributed by atoms with Crippen molar-refractivity contribution in [3.63, 3.8) is 0 Å². The van der Waals surface area contributed by atoms with Crippen LogP contribution in [0.4, 0.5) is 4.39 Å². The number of benzene rings is 2. The number of ether oxygens (including phenoxy) is 1. The molecule has 0 saturated heterocycles. The van der Waals surface area contributed by atoms with Crippen LogP contribution in [0.2, 0.25) is 5.02 Å². The molecule has 0 aliphatic carbocycles. The molecule has 1 heterocycles. The number of hydrogen-bond donors (Lipinski definition) is 1. The van der Waals surface area contributed by atoms with Gasteiger partial charge in [-0.05, 0) is 30.3 Å². The van der Waals surface area contributed by atoms with Gasteiger partial charge in [0, 0.05) is 5.56 Å².